The molecule has 2 aromatic carbocycles. The number of fused-ring (bicyclic) bond motifs is 1. The number of nitrogens with zero attached hydrogens (tertiary/aromatic N) is 1. The Hall–Kier alpha value is -2.89. The van der Waals surface area contributed by atoms with Gasteiger partial charge >= 0.3 is 6.09 Å². The number of nitrogens with one attached hydrogen (secondary N) is 1. The number of carbonyl (C=O) groups excluding carboxylic acids is 3. The molecular weight excluding hydrogens is 296 g/mol. The molecule has 1 aliphatic heterocycles. The van der Waals surface area contributed by atoms with Gasteiger partial charge in [0, 0.05) is 18.4 Å². The zero-order valence-electron chi connectivity index (χ0n) is 12.6. The Morgan fingerprint density at radius 2 is 1.74 bits per heavy atom. The average Bonchev–Trinajstić information content (AvgIpc) is 2.86. The molecule has 0 radical (unpaired) electrons. The van der Waals surface area contributed by atoms with Crippen LogP contribution >= 0.6 is 0 Å². The molecule has 1 aliphatic rings. The van der Waals surface area contributed by atoms with Crippen LogP contribution in [0, 0.1) is 0 Å². The van der Waals surface area contributed by atoms with E-state index >= 15 is 0 Å². The first-order valence-electron chi connectivity index (χ1n) is 7.37. The third-order valence-corrected chi connectivity index (χ3v) is 3.80. The van der Waals surface area contributed by atoms with E-state index in [2.05, 4.69) is 5.43 Å². The number of hydrazine groups is 1. The van der Waals surface area contributed by atoms with Crippen LogP contribution in [-0.4, -0.2) is 22.9 Å². The fraction of sp³-hybridized carbons (Fsp3) is 0.235. The largest absolute Gasteiger partial charge is 0.440 e. The number of carbonyl (C=O) groups is 3. The van der Waals surface area contributed by atoms with Gasteiger partial charge in [-0.05, 0) is 17.7 Å². The molecule has 0 bridgehead atoms. The highest BCUT2D eigenvalue weighted by atomic mass is 16.6. The molecule has 6 nitrogen and oxygen atoms in total. The highest BCUT2D eigenvalue weighted by molar-refractivity contribution is 6.02. The molecule has 2 aromatic rings. The van der Waals surface area contributed by atoms with Gasteiger partial charge in [0.1, 0.15) is 6.10 Å². The summed E-state index contributed by atoms with van der Waals surface area (Å²) >= 11 is 0. The van der Waals surface area contributed by atoms with Crippen molar-refractivity contribution in [3.05, 3.63) is 48.0 Å². The van der Waals surface area contributed by atoms with Gasteiger partial charge < -0.3 is 4.74 Å². The summed E-state index contributed by atoms with van der Waals surface area (Å²) in [7, 11) is 0. The standard InChI is InChI=1S/C17H16N2O4/c1-11(13-8-4-6-12-5-2-3-7-14(12)13)23-17(22)18-19-15(20)9-10-16(19)21/h2-8,11H,9-10H2,1H3,(H,18,22). The minimum absolute atomic E-state index is 0.109. The monoisotopic (exact) mass is 312 g/mol. The molecule has 23 heavy (non-hydrogen) atoms. The number of hydrogen-bond donors (Lipinski definition) is 1. The highest BCUT2D eigenvalue weighted by Gasteiger charge is 2.31. The van der Waals surface area contributed by atoms with E-state index < -0.39 is 24.0 Å². The Bertz CT molecular complexity index is 766. The Kier molecular flexibility index (Phi) is 3.97. The number of benzene rings is 2. The van der Waals surface area contributed by atoms with Crippen LogP contribution in [0.2, 0.25) is 0 Å². The molecule has 1 N–H and O–H groups in total. The van der Waals surface area contributed by atoms with Crippen LogP contribution in [0.1, 0.15) is 31.4 Å². The van der Waals surface area contributed by atoms with Gasteiger partial charge in [0.05, 0.1) is 0 Å². The van der Waals surface area contributed by atoms with E-state index in [0.29, 0.717) is 0 Å². The molecule has 1 saturated heterocycles. The number of amides is 3. The van der Waals surface area contributed by atoms with E-state index in [-0.39, 0.29) is 12.8 Å². The molecule has 1 heterocycles. The maximum absolute atomic E-state index is 11.9. The van der Waals surface area contributed by atoms with Gasteiger partial charge in [-0.3, -0.25) is 9.59 Å². The van der Waals surface area contributed by atoms with Crippen LogP contribution in [0.25, 0.3) is 10.8 Å². The lowest BCUT2D eigenvalue weighted by Crippen LogP contribution is -2.45. The molecule has 1 fully saturated rings. The second kappa shape index (κ2) is 6.08. The summed E-state index contributed by atoms with van der Waals surface area (Å²) in [5.74, 6) is -0.852. The van der Waals surface area contributed by atoms with Crippen molar-refractivity contribution in [1.82, 2.24) is 10.4 Å². The fourth-order valence-electron chi connectivity index (χ4n) is 2.65. The van der Waals surface area contributed by atoms with Gasteiger partial charge in [0.2, 0.25) is 11.8 Å². The highest BCUT2D eigenvalue weighted by Crippen LogP contribution is 2.26. The van der Waals surface area contributed by atoms with Gasteiger partial charge in [0.25, 0.3) is 0 Å². The molecule has 1 unspecified atom stereocenters. The number of hydrogen-bond acceptors (Lipinski definition) is 4. The number of imide groups is 1. The zero-order chi connectivity index (χ0) is 16.4. The van der Waals surface area contributed by atoms with Crippen LogP contribution in [0.15, 0.2) is 42.5 Å². The predicted molar refractivity (Wildman–Crippen MR) is 83.1 cm³/mol. The summed E-state index contributed by atoms with van der Waals surface area (Å²) in [4.78, 5) is 34.9. The van der Waals surface area contributed by atoms with Crippen molar-refractivity contribution in [2.24, 2.45) is 0 Å². The van der Waals surface area contributed by atoms with Crippen LogP contribution in [-0.2, 0) is 14.3 Å². The van der Waals surface area contributed by atoms with E-state index in [9.17, 15) is 14.4 Å². The van der Waals surface area contributed by atoms with Crippen molar-refractivity contribution in [1.29, 1.82) is 0 Å². The molecule has 1 atom stereocenters. The van der Waals surface area contributed by atoms with Crippen LogP contribution < -0.4 is 5.43 Å². The third kappa shape index (κ3) is 3.01. The van der Waals surface area contributed by atoms with Crippen LogP contribution in [0.5, 0.6) is 0 Å². The van der Waals surface area contributed by atoms with Crippen molar-refractivity contribution < 1.29 is 19.1 Å². The molecule has 0 spiro atoms. The van der Waals surface area contributed by atoms with Gasteiger partial charge in [0.15, 0.2) is 0 Å². The molecule has 0 aliphatic carbocycles. The Morgan fingerprint density at radius 1 is 1.09 bits per heavy atom. The van der Waals surface area contributed by atoms with Crippen molar-refractivity contribution in [3.63, 3.8) is 0 Å². The van der Waals surface area contributed by atoms with E-state index in [1.54, 1.807) is 6.92 Å². The minimum Gasteiger partial charge on any atom is -0.440 e. The molecule has 3 rings (SSSR count). The van der Waals surface area contributed by atoms with E-state index in [1.807, 2.05) is 42.5 Å². The topological polar surface area (TPSA) is 75.7 Å². The second-order valence-corrected chi connectivity index (χ2v) is 5.35. The van der Waals surface area contributed by atoms with Crippen molar-refractivity contribution in [3.8, 4) is 0 Å². The van der Waals surface area contributed by atoms with E-state index in [0.717, 1.165) is 21.3 Å². The predicted octanol–water partition coefficient (Wildman–Crippen LogP) is 2.69. The lowest BCUT2D eigenvalue weighted by molar-refractivity contribution is -0.141. The summed E-state index contributed by atoms with van der Waals surface area (Å²) in [5, 5.41) is 2.76. The fourth-order valence-corrected chi connectivity index (χ4v) is 2.65. The van der Waals surface area contributed by atoms with Crippen LogP contribution in [0.3, 0.4) is 0 Å². The number of ether oxygens (including phenoxy) is 1. The summed E-state index contributed by atoms with van der Waals surface area (Å²) in [5.41, 5.74) is 3.06. The molecule has 3 amide bonds. The normalized spacial score (nSPS) is 15.8. The van der Waals surface area contributed by atoms with E-state index in [1.165, 1.54) is 0 Å². The smallest absolute Gasteiger partial charge is 0.427 e. The summed E-state index contributed by atoms with van der Waals surface area (Å²) in [6.45, 7) is 1.75. The Balaban J connectivity index is 1.73. The Labute approximate surface area is 133 Å². The van der Waals surface area contributed by atoms with Gasteiger partial charge in [-0.1, -0.05) is 42.5 Å². The first kappa shape index (κ1) is 15.0. The second-order valence-electron chi connectivity index (χ2n) is 5.35. The molecule has 0 aromatic heterocycles. The lowest BCUT2D eigenvalue weighted by Gasteiger charge is -2.19. The Morgan fingerprint density at radius 3 is 2.48 bits per heavy atom. The van der Waals surface area contributed by atoms with Gasteiger partial charge in [-0.15, -0.1) is 0 Å². The average molecular weight is 312 g/mol. The van der Waals surface area contributed by atoms with Gasteiger partial charge in [-0.25, -0.2) is 10.2 Å². The molecule has 118 valence electrons. The summed E-state index contributed by atoms with van der Waals surface area (Å²) in [6.07, 6.45) is -1.13. The first-order valence-corrected chi connectivity index (χ1v) is 7.37. The lowest BCUT2D eigenvalue weighted by atomic mass is 10.0. The third-order valence-electron chi connectivity index (χ3n) is 3.80. The first-order chi connectivity index (χ1) is 11.1. The van der Waals surface area contributed by atoms with Gasteiger partial charge in [-0.2, -0.15) is 5.01 Å². The molecular formula is C17H16N2O4. The van der Waals surface area contributed by atoms with Crippen molar-refractivity contribution in [2.75, 3.05) is 0 Å². The minimum atomic E-state index is -0.825. The molecule has 6 heteroatoms. The molecule has 0 saturated carbocycles. The van der Waals surface area contributed by atoms with Crippen LogP contribution in [0.4, 0.5) is 4.79 Å². The SMILES string of the molecule is CC(OC(=O)NN1C(=O)CCC1=O)c1cccc2ccccc12. The maximum atomic E-state index is 11.9. The summed E-state index contributed by atoms with van der Waals surface area (Å²) < 4.78 is 5.31. The maximum Gasteiger partial charge on any atom is 0.427 e. The number of rotatable bonds is 3. The quantitative estimate of drug-likeness (QED) is 0.884. The van der Waals surface area contributed by atoms with Crippen molar-refractivity contribution in [2.45, 2.75) is 25.9 Å². The zero-order valence-corrected chi connectivity index (χ0v) is 12.6. The summed E-state index contributed by atoms with van der Waals surface area (Å²) in [6, 6.07) is 13.5. The van der Waals surface area contributed by atoms with E-state index in [4.69, 9.17) is 4.74 Å². The van der Waals surface area contributed by atoms with Crippen molar-refractivity contribution >= 4 is 28.7 Å².